The number of rotatable bonds is 11. The molecule has 0 aliphatic carbocycles. The number of carboxylic acids is 1. The van der Waals surface area contributed by atoms with Crippen LogP contribution in [0.15, 0.2) is 120 Å². The molecule has 1 aromatic heterocycles. The van der Waals surface area contributed by atoms with Crippen LogP contribution in [-0.4, -0.2) is 44.5 Å². The first-order valence-corrected chi connectivity index (χ1v) is 16.5. The average Bonchev–Trinajstić information content (AvgIpc) is 3.63. The van der Waals surface area contributed by atoms with Gasteiger partial charge in [0.1, 0.15) is 6.54 Å². The van der Waals surface area contributed by atoms with E-state index in [1.807, 2.05) is 31.2 Å². The summed E-state index contributed by atoms with van der Waals surface area (Å²) in [6, 6.07) is 32.5. The molecule has 0 spiro atoms. The lowest BCUT2D eigenvalue weighted by Crippen LogP contribution is -2.35. The molecule has 53 heavy (non-hydrogen) atoms. The minimum Gasteiger partial charge on any atom is -0.480 e. The molecular formula is C41H33F3N4O5. The van der Waals surface area contributed by atoms with Crippen molar-refractivity contribution in [3.63, 3.8) is 0 Å². The molecule has 0 saturated carbocycles. The fourth-order valence-electron chi connectivity index (χ4n) is 5.72. The fourth-order valence-corrected chi connectivity index (χ4v) is 5.72. The van der Waals surface area contributed by atoms with Gasteiger partial charge >= 0.3 is 12.1 Å². The summed E-state index contributed by atoms with van der Waals surface area (Å²) in [5.74, 6) is -1.73. The van der Waals surface area contributed by atoms with Crippen LogP contribution < -0.4 is 5.32 Å². The monoisotopic (exact) mass is 718 g/mol. The van der Waals surface area contributed by atoms with Gasteiger partial charge < -0.3 is 19.8 Å². The van der Waals surface area contributed by atoms with Gasteiger partial charge in [0.2, 0.25) is 11.7 Å². The maximum Gasteiger partial charge on any atom is 0.416 e. The highest BCUT2D eigenvalue weighted by Gasteiger charge is 2.33. The maximum atomic E-state index is 13.5. The molecule has 0 aliphatic heterocycles. The molecule has 268 valence electrons. The van der Waals surface area contributed by atoms with Gasteiger partial charge in [0.15, 0.2) is 0 Å². The molecule has 0 bridgehead atoms. The Kier molecular flexibility index (Phi) is 10.5. The van der Waals surface area contributed by atoms with Gasteiger partial charge in [-0.2, -0.15) is 18.2 Å². The second-order valence-electron chi connectivity index (χ2n) is 12.6. The Morgan fingerprint density at radius 2 is 1.34 bits per heavy atom. The van der Waals surface area contributed by atoms with Gasteiger partial charge in [-0.1, -0.05) is 89.1 Å². The molecule has 0 fully saturated rings. The Morgan fingerprint density at radius 1 is 0.755 bits per heavy atom. The van der Waals surface area contributed by atoms with Crippen molar-refractivity contribution < 1.29 is 37.2 Å². The molecule has 0 saturated heterocycles. The predicted octanol–water partition coefficient (Wildman–Crippen LogP) is 8.61. The van der Waals surface area contributed by atoms with Crippen LogP contribution in [0.25, 0.3) is 34.0 Å². The van der Waals surface area contributed by atoms with Crippen LogP contribution >= 0.6 is 0 Å². The third-order valence-electron chi connectivity index (χ3n) is 8.48. The predicted molar refractivity (Wildman–Crippen MR) is 193 cm³/mol. The second kappa shape index (κ2) is 15.4. The van der Waals surface area contributed by atoms with Crippen LogP contribution in [0.5, 0.6) is 0 Å². The van der Waals surface area contributed by atoms with E-state index in [4.69, 9.17) is 4.52 Å². The highest BCUT2D eigenvalue weighted by molar-refractivity contribution is 5.97. The molecule has 2 amide bonds. The van der Waals surface area contributed by atoms with Crippen molar-refractivity contribution in [2.45, 2.75) is 33.0 Å². The third-order valence-corrected chi connectivity index (χ3v) is 8.48. The zero-order valence-electron chi connectivity index (χ0n) is 28.6. The number of aromatic nitrogens is 2. The Labute approximate surface area is 302 Å². The number of carbonyl (C=O) groups excluding carboxylic acids is 2. The first kappa shape index (κ1) is 36.2. The van der Waals surface area contributed by atoms with Crippen LogP contribution in [0.4, 0.5) is 18.9 Å². The van der Waals surface area contributed by atoms with Crippen LogP contribution in [-0.2, 0) is 28.7 Å². The summed E-state index contributed by atoms with van der Waals surface area (Å²) in [4.78, 5) is 43.4. The first-order chi connectivity index (χ1) is 25.3. The Morgan fingerprint density at radius 3 is 1.96 bits per heavy atom. The minimum absolute atomic E-state index is 0.0210. The molecule has 0 aliphatic rings. The summed E-state index contributed by atoms with van der Waals surface area (Å²) < 4.78 is 46.0. The number of nitrogens with one attached hydrogen (secondary N) is 1. The van der Waals surface area contributed by atoms with Gasteiger partial charge in [-0.25, -0.2) is 0 Å². The normalized spacial score (nSPS) is 11.3. The van der Waals surface area contributed by atoms with Crippen LogP contribution in [0.2, 0.25) is 0 Å². The number of alkyl halides is 3. The van der Waals surface area contributed by atoms with Gasteiger partial charge in [0.05, 0.1) is 12.0 Å². The molecule has 0 unspecified atom stereocenters. The number of benzene rings is 5. The standard InChI is InChI=1S/C41H33F3N4O5/c1-25-3-8-28(9-4-25)29-13-15-31(16-14-29)39-46-38(47-53-39)30-11-6-27(7-12-30)23-48(24-37(50)51)40(52)32-17-19-34(20-18-32)45-36(49)22-33-10-5-26(2)21-35(33)41(42,43)44/h3-21H,22-24H2,1-2H3,(H,45,49)(H,50,51). The topological polar surface area (TPSA) is 126 Å². The van der Waals surface area contributed by atoms with Crippen molar-refractivity contribution in [3.05, 3.63) is 149 Å². The van der Waals surface area contributed by atoms with Crippen molar-refractivity contribution >= 4 is 23.5 Å². The average molecular weight is 719 g/mol. The van der Waals surface area contributed by atoms with E-state index in [2.05, 4.69) is 39.7 Å². The molecule has 9 nitrogen and oxygen atoms in total. The van der Waals surface area contributed by atoms with Crippen molar-refractivity contribution in [1.29, 1.82) is 0 Å². The van der Waals surface area contributed by atoms with E-state index < -0.39 is 42.5 Å². The minimum atomic E-state index is -4.61. The number of aryl methyl sites for hydroxylation is 2. The van der Waals surface area contributed by atoms with E-state index in [1.54, 1.807) is 24.3 Å². The lowest BCUT2D eigenvalue weighted by molar-refractivity contribution is -0.139. The summed E-state index contributed by atoms with van der Waals surface area (Å²) >= 11 is 0. The van der Waals surface area contributed by atoms with Crippen molar-refractivity contribution in [2.75, 3.05) is 11.9 Å². The Balaban J connectivity index is 1.09. The third kappa shape index (κ3) is 9.03. The molecule has 6 rings (SSSR count). The second-order valence-corrected chi connectivity index (χ2v) is 12.6. The lowest BCUT2D eigenvalue weighted by Gasteiger charge is -2.21. The van der Waals surface area contributed by atoms with E-state index in [0.717, 1.165) is 27.7 Å². The number of hydrogen-bond acceptors (Lipinski definition) is 6. The summed E-state index contributed by atoms with van der Waals surface area (Å²) in [7, 11) is 0. The Bertz CT molecular complexity index is 2250. The summed E-state index contributed by atoms with van der Waals surface area (Å²) in [5.41, 5.74) is 5.22. The first-order valence-electron chi connectivity index (χ1n) is 16.5. The molecule has 12 heteroatoms. The van der Waals surface area contributed by atoms with E-state index in [9.17, 15) is 32.7 Å². The summed E-state index contributed by atoms with van der Waals surface area (Å²) in [6.45, 7) is 2.98. The van der Waals surface area contributed by atoms with Gasteiger partial charge in [-0.15, -0.1) is 0 Å². The number of amides is 2. The number of nitrogens with zero attached hydrogens (tertiary/aromatic N) is 3. The number of carboxylic acid groups (broad SMARTS) is 1. The van der Waals surface area contributed by atoms with E-state index in [1.165, 1.54) is 48.9 Å². The molecular weight excluding hydrogens is 685 g/mol. The van der Waals surface area contributed by atoms with Gasteiger partial charge in [0, 0.05) is 28.9 Å². The lowest BCUT2D eigenvalue weighted by atomic mass is 10.0. The number of hydrogen-bond donors (Lipinski definition) is 2. The van der Waals surface area contributed by atoms with Gasteiger partial charge in [-0.3, -0.25) is 14.4 Å². The molecule has 6 aromatic rings. The van der Waals surface area contributed by atoms with Gasteiger partial charge in [-0.05, 0) is 78.6 Å². The van der Waals surface area contributed by atoms with E-state index in [0.29, 0.717) is 28.4 Å². The molecule has 0 radical (unpaired) electrons. The molecule has 5 aromatic carbocycles. The zero-order chi connectivity index (χ0) is 37.7. The van der Waals surface area contributed by atoms with Crippen molar-refractivity contribution in [2.24, 2.45) is 0 Å². The fraction of sp³-hybridized carbons (Fsp3) is 0.146. The van der Waals surface area contributed by atoms with Gasteiger partial charge in [0.25, 0.3) is 11.8 Å². The maximum absolute atomic E-state index is 13.5. The zero-order valence-corrected chi connectivity index (χ0v) is 28.6. The van der Waals surface area contributed by atoms with Crippen molar-refractivity contribution in [3.8, 4) is 34.0 Å². The summed E-state index contributed by atoms with van der Waals surface area (Å²) in [6.07, 6.45) is -5.11. The molecule has 0 atom stereocenters. The highest BCUT2D eigenvalue weighted by Crippen LogP contribution is 2.33. The molecule has 2 N–H and O–H groups in total. The number of aliphatic carboxylic acids is 1. The van der Waals surface area contributed by atoms with Crippen molar-refractivity contribution in [1.82, 2.24) is 15.0 Å². The van der Waals surface area contributed by atoms with Crippen LogP contribution in [0, 0.1) is 13.8 Å². The molecule has 1 heterocycles. The van der Waals surface area contributed by atoms with E-state index in [-0.39, 0.29) is 23.4 Å². The van der Waals surface area contributed by atoms with Crippen LogP contribution in [0.3, 0.4) is 0 Å². The Hall–Kier alpha value is -6.56. The SMILES string of the molecule is Cc1ccc(-c2ccc(-c3nc(-c4ccc(CN(CC(=O)O)C(=O)c5ccc(NC(=O)Cc6ccc(C)cc6C(F)(F)F)cc5)cc4)no3)cc2)cc1. The largest absolute Gasteiger partial charge is 0.480 e. The smallest absolute Gasteiger partial charge is 0.416 e. The number of halogens is 3. The quantitative estimate of drug-likeness (QED) is 0.137. The number of anilines is 1. The van der Waals surface area contributed by atoms with E-state index >= 15 is 0 Å². The number of carbonyl (C=O) groups is 3. The summed E-state index contributed by atoms with van der Waals surface area (Å²) in [5, 5.41) is 16.2. The van der Waals surface area contributed by atoms with Crippen LogP contribution in [0.1, 0.15) is 38.2 Å². The highest BCUT2D eigenvalue weighted by atomic mass is 19.4.